The molecule has 0 radical (unpaired) electrons. The van der Waals surface area contributed by atoms with Crippen molar-refractivity contribution in [1.29, 1.82) is 0 Å². The van der Waals surface area contributed by atoms with Crippen molar-refractivity contribution in [3.8, 4) is 0 Å². The van der Waals surface area contributed by atoms with E-state index >= 15 is 0 Å². The van der Waals surface area contributed by atoms with E-state index in [1.54, 1.807) is 6.20 Å². The molecule has 0 saturated carbocycles. The zero-order valence-electron chi connectivity index (χ0n) is 8.02. The van der Waals surface area contributed by atoms with E-state index in [4.69, 9.17) is 10.0 Å². The van der Waals surface area contributed by atoms with Gasteiger partial charge in [0.25, 0.3) is 0 Å². The highest BCUT2D eigenvalue weighted by Crippen LogP contribution is 2.17. The standard InChI is InChI=1S/C8H13BN2O2/c1-8(2,3)6-4-11-7(5-10-6)9(12)13/h4-5,12-13H,1-3H3. The van der Waals surface area contributed by atoms with Crippen LogP contribution in [0.1, 0.15) is 26.5 Å². The Bertz CT molecular complexity index is 279. The fourth-order valence-electron chi connectivity index (χ4n) is 0.859. The lowest BCUT2D eigenvalue weighted by molar-refractivity contribution is 0.423. The molecular formula is C8H13BN2O2. The van der Waals surface area contributed by atoms with Crippen LogP contribution in [0.25, 0.3) is 0 Å². The predicted octanol–water partition coefficient (Wildman–Crippen LogP) is -0.546. The zero-order valence-corrected chi connectivity index (χ0v) is 8.02. The van der Waals surface area contributed by atoms with E-state index in [0.717, 1.165) is 5.69 Å². The van der Waals surface area contributed by atoms with Crippen molar-refractivity contribution < 1.29 is 10.0 Å². The van der Waals surface area contributed by atoms with Gasteiger partial charge in [0.2, 0.25) is 0 Å². The largest absolute Gasteiger partial charge is 0.509 e. The first-order valence-electron chi connectivity index (χ1n) is 4.10. The smallest absolute Gasteiger partial charge is 0.422 e. The molecule has 0 atom stereocenters. The third-order valence-electron chi connectivity index (χ3n) is 1.70. The molecule has 0 amide bonds. The molecule has 4 nitrogen and oxygen atoms in total. The SMILES string of the molecule is CC(C)(C)c1cnc(B(O)O)cn1. The van der Waals surface area contributed by atoms with E-state index in [9.17, 15) is 0 Å². The third kappa shape index (κ3) is 2.50. The van der Waals surface area contributed by atoms with Crippen molar-refractivity contribution in [2.24, 2.45) is 0 Å². The van der Waals surface area contributed by atoms with Gasteiger partial charge >= 0.3 is 7.12 Å². The molecule has 70 valence electrons. The van der Waals surface area contributed by atoms with Gasteiger partial charge in [-0.2, -0.15) is 0 Å². The molecule has 0 aliphatic rings. The normalized spacial score (nSPS) is 11.5. The van der Waals surface area contributed by atoms with Crippen molar-refractivity contribution in [1.82, 2.24) is 9.97 Å². The monoisotopic (exact) mass is 180 g/mol. The summed E-state index contributed by atoms with van der Waals surface area (Å²) in [4.78, 5) is 7.97. The summed E-state index contributed by atoms with van der Waals surface area (Å²) < 4.78 is 0. The van der Waals surface area contributed by atoms with Crippen LogP contribution in [0.4, 0.5) is 0 Å². The molecule has 1 aromatic rings. The second kappa shape index (κ2) is 3.43. The Labute approximate surface area is 77.8 Å². The van der Waals surface area contributed by atoms with Gasteiger partial charge < -0.3 is 10.0 Å². The number of aromatic nitrogens is 2. The van der Waals surface area contributed by atoms with E-state index in [1.807, 2.05) is 20.8 Å². The Kier molecular flexibility index (Phi) is 2.68. The van der Waals surface area contributed by atoms with Crippen molar-refractivity contribution >= 4 is 12.7 Å². The fourth-order valence-corrected chi connectivity index (χ4v) is 0.859. The van der Waals surface area contributed by atoms with Gasteiger partial charge in [-0.3, -0.25) is 9.97 Å². The Morgan fingerprint density at radius 3 is 2.08 bits per heavy atom. The average molecular weight is 180 g/mol. The molecule has 1 heterocycles. The molecule has 1 aromatic heterocycles. The zero-order chi connectivity index (χ0) is 10.1. The van der Waals surface area contributed by atoms with Gasteiger partial charge in [0.1, 0.15) is 0 Å². The topological polar surface area (TPSA) is 66.2 Å². The van der Waals surface area contributed by atoms with E-state index in [1.165, 1.54) is 6.20 Å². The number of nitrogens with zero attached hydrogens (tertiary/aromatic N) is 2. The highest BCUT2D eigenvalue weighted by atomic mass is 16.4. The van der Waals surface area contributed by atoms with E-state index in [0.29, 0.717) is 0 Å². The van der Waals surface area contributed by atoms with Crippen LogP contribution in [0.15, 0.2) is 12.4 Å². The van der Waals surface area contributed by atoms with Gasteiger partial charge in [0.15, 0.2) is 0 Å². The van der Waals surface area contributed by atoms with Gasteiger partial charge in [-0.25, -0.2) is 0 Å². The first kappa shape index (κ1) is 10.1. The van der Waals surface area contributed by atoms with Crippen LogP contribution in [0.3, 0.4) is 0 Å². The van der Waals surface area contributed by atoms with Gasteiger partial charge in [-0.05, 0) is 0 Å². The summed E-state index contributed by atoms with van der Waals surface area (Å²) in [5.74, 6) is 0. The molecule has 0 aromatic carbocycles. The van der Waals surface area contributed by atoms with Crippen molar-refractivity contribution in [2.75, 3.05) is 0 Å². The van der Waals surface area contributed by atoms with Crippen LogP contribution in [0, 0.1) is 0 Å². The fraction of sp³-hybridized carbons (Fsp3) is 0.500. The van der Waals surface area contributed by atoms with Gasteiger partial charge in [0.05, 0.1) is 11.3 Å². The number of hydrogen-bond acceptors (Lipinski definition) is 4. The molecule has 2 N–H and O–H groups in total. The molecule has 0 spiro atoms. The summed E-state index contributed by atoms with van der Waals surface area (Å²) in [5, 5.41) is 17.5. The molecule has 0 fully saturated rings. The van der Waals surface area contributed by atoms with Crippen LogP contribution in [0.5, 0.6) is 0 Å². The van der Waals surface area contributed by atoms with E-state index < -0.39 is 7.12 Å². The van der Waals surface area contributed by atoms with Crippen LogP contribution < -0.4 is 5.59 Å². The van der Waals surface area contributed by atoms with Crippen LogP contribution in [-0.2, 0) is 5.41 Å². The summed E-state index contributed by atoms with van der Waals surface area (Å²) in [6.45, 7) is 6.06. The van der Waals surface area contributed by atoms with Crippen LogP contribution in [0.2, 0.25) is 0 Å². The molecule has 1 rings (SSSR count). The Balaban J connectivity index is 2.94. The maximum Gasteiger partial charge on any atom is 0.509 e. The molecule has 0 unspecified atom stereocenters. The molecule has 0 aliphatic heterocycles. The molecule has 0 aliphatic carbocycles. The predicted molar refractivity (Wildman–Crippen MR) is 50.6 cm³/mol. The minimum absolute atomic E-state index is 0.0636. The quantitative estimate of drug-likeness (QED) is 0.569. The molecule has 5 heteroatoms. The highest BCUT2D eigenvalue weighted by Gasteiger charge is 2.18. The Hall–Kier alpha value is -0.935. The average Bonchev–Trinajstić information content (AvgIpc) is 2.03. The summed E-state index contributed by atoms with van der Waals surface area (Å²) in [7, 11) is -1.54. The Morgan fingerprint density at radius 2 is 1.77 bits per heavy atom. The summed E-state index contributed by atoms with van der Waals surface area (Å²) in [6, 6.07) is 0. The molecule has 13 heavy (non-hydrogen) atoms. The van der Waals surface area contributed by atoms with Crippen molar-refractivity contribution in [3.63, 3.8) is 0 Å². The number of hydrogen-bond donors (Lipinski definition) is 2. The van der Waals surface area contributed by atoms with Gasteiger partial charge in [-0.1, -0.05) is 20.8 Å². The summed E-state index contributed by atoms with van der Waals surface area (Å²) in [5.41, 5.74) is 0.941. The van der Waals surface area contributed by atoms with Gasteiger partial charge in [-0.15, -0.1) is 0 Å². The molecule has 0 saturated heterocycles. The summed E-state index contributed by atoms with van der Waals surface area (Å²) >= 11 is 0. The highest BCUT2D eigenvalue weighted by molar-refractivity contribution is 6.57. The lowest BCUT2D eigenvalue weighted by Crippen LogP contribution is -2.33. The van der Waals surface area contributed by atoms with Crippen molar-refractivity contribution in [2.45, 2.75) is 26.2 Å². The molecular weight excluding hydrogens is 167 g/mol. The Morgan fingerprint density at radius 1 is 1.15 bits per heavy atom. The minimum atomic E-state index is -1.54. The molecule has 0 bridgehead atoms. The van der Waals surface area contributed by atoms with E-state index in [-0.39, 0.29) is 11.0 Å². The minimum Gasteiger partial charge on any atom is -0.422 e. The number of rotatable bonds is 1. The summed E-state index contributed by atoms with van der Waals surface area (Å²) in [6.07, 6.45) is 2.94. The lowest BCUT2D eigenvalue weighted by atomic mass is 9.86. The van der Waals surface area contributed by atoms with Crippen LogP contribution >= 0.6 is 0 Å². The second-order valence-corrected chi connectivity index (χ2v) is 3.95. The van der Waals surface area contributed by atoms with Crippen molar-refractivity contribution in [3.05, 3.63) is 18.1 Å². The maximum absolute atomic E-state index is 8.77. The first-order valence-corrected chi connectivity index (χ1v) is 4.10. The maximum atomic E-state index is 8.77. The lowest BCUT2D eigenvalue weighted by Gasteiger charge is -2.16. The van der Waals surface area contributed by atoms with Crippen LogP contribution in [-0.4, -0.2) is 27.1 Å². The van der Waals surface area contributed by atoms with Gasteiger partial charge in [0, 0.05) is 17.8 Å². The first-order chi connectivity index (χ1) is 5.91. The second-order valence-electron chi connectivity index (χ2n) is 3.95. The van der Waals surface area contributed by atoms with E-state index in [2.05, 4.69) is 9.97 Å². The third-order valence-corrected chi connectivity index (χ3v) is 1.70.